The van der Waals surface area contributed by atoms with Crippen LogP contribution >= 0.6 is 11.3 Å². The average Bonchev–Trinajstić information content (AvgIpc) is 2.88. The Labute approximate surface area is 124 Å². The molecule has 1 aromatic heterocycles. The van der Waals surface area contributed by atoms with E-state index in [4.69, 9.17) is 0 Å². The number of thiazole rings is 1. The second-order valence-electron chi connectivity index (χ2n) is 4.63. The van der Waals surface area contributed by atoms with E-state index in [9.17, 15) is 5.11 Å². The van der Waals surface area contributed by atoms with E-state index in [-0.39, 0.29) is 0 Å². The lowest BCUT2D eigenvalue weighted by Crippen LogP contribution is -2.21. The number of nitrogens with one attached hydrogen (secondary N) is 1. The van der Waals surface area contributed by atoms with Crippen LogP contribution in [0.2, 0.25) is 0 Å². The van der Waals surface area contributed by atoms with E-state index in [0.717, 1.165) is 36.0 Å². The summed E-state index contributed by atoms with van der Waals surface area (Å²) in [6.07, 6.45) is 1.93. The Bertz CT molecular complexity index is 564. The zero-order valence-electron chi connectivity index (χ0n) is 12.2. The molecule has 20 heavy (non-hydrogen) atoms. The first kappa shape index (κ1) is 14.7. The molecule has 0 spiro atoms. The van der Waals surface area contributed by atoms with E-state index in [1.165, 1.54) is 4.88 Å². The molecule has 1 aromatic carbocycles. The lowest BCUT2D eigenvalue weighted by atomic mass is 10.2. The first-order valence-electron chi connectivity index (χ1n) is 6.87. The van der Waals surface area contributed by atoms with Crippen LogP contribution in [0.3, 0.4) is 0 Å². The maximum atomic E-state index is 9.40. The lowest BCUT2D eigenvalue weighted by Gasteiger charge is -2.16. The second kappa shape index (κ2) is 6.61. The van der Waals surface area contributed by atoms with Gasteiger partial charge in [-0.3, -0.25) is 0 Å². The highest BCUT2D eigenvalue weighted by Gasteiger charge is 2.08. The van der Waals surface area contributed by atoms with E-state index in [0.29, 0.717) is 5.75 Å². The van der Waals surface area contributed by atoms with E-state index < -0.39 is 0 Å². The number of nitrogens with zero attached hydrogens (tertiary/aromatic N) is 2. The van der Waals surface area contributed by atoms with Crippen molar-refractivity contribution < 1.29 is 5.11 Å². The summed E-state index contributed by atoms with van der Waals surface area (Å²) in [6.45, 7) is 8.98. The maximum Gasteiger partial charge on any atom is 0.185 e. The average molecular weight is 291 g/mol. The summed E-state index contributed by atoms with van der Waals surface area (Å²) in [5, 5.41) is 13.9. The summed E-state index contributed by atoms with van der Waals surface area (Å²) in [7, 11) is 0. The number of phenols is 1. The monoisotopic (exact) mass is 291 g/mol. The molecule has 0 unspecified atom stereocenters. The lowest BCUT2D eigenvalue weighted by molar-refractivity contribution is 0.475. The van der Waals surface area contributed by atoms with Crippen LogP contribution in [0.25, 0.3) is 0 Å². The van der Waals surface area contributed by atoms with Gasteiger partial charge in [0.05, 0.1) is 6.54 Å². The van der Waals surface area contributed by atoms with Crippen LogP contribution in [-0.4, -0.2) is 23.2 Å². The Hall–Kier alpha value is -1.75. The zero-order valence-corrected chi connectivity index (χ0v) is 13.0. The van der Waals surface area contributed by atoms with E-state index in [2.05, 4.69) is 29.0 Å². The van der Waals surface area contributed by atoms with Gasteiger partial charge in [-0.05, 0) is 44.5 Å². The molecule has 0 aliphatic carbocycles. The summed E-state index contributed by atoms with van der Waals surface area (Å²) in [6, 6.07) is 5.36. The molecule has 0 atom stereocenters. The molecule has 0 fully saturated rings. The van der Waals surface area contributed by atoms with Gasteiger partial charge in [0, 0.05) is 29.9 Å². The highest BCUT2D eigenvalue weighted by molar-refractivity contribution is 7.15. The van der Waals surface area contributed by atoms with Crippen LogP contribution in [0.4, 0.5) is 10.8 Å². The van der Waals surface area contributed by atoms with Crippen molar-refractivity contribution >= 4 is 22.2 Å². The maximum absolute atomic E-state index is 9.40. The van der Waals surface area contributed by atoms with Crippen LogP contribution in [0, 0.1) is 6.92 Å². The molecule has 5 heteroatoms. The molecule has 0 saturated heterocycles. The number of benzene rings is 1. The molecule has 0 saturated carbocycles. The van der Waals surface area contributed by atoms with Gasteiger partial charge in [0.1, 0.15) is 5.75 Å². The van der Waals surface area contributed by atoms with Gasteiger partial charge in [0.15, 0.2) is 5.13 Å². The molecular weight excluding hydrogens is 270 g/mol. The van der Waals surface area contributed by atoms with Crippen molar-refractivity contribution in [1.29, 1.82) is 0 Å². The fourth-order valence-corrected chi connectivity index (χ4v) is 3.02. The van der Waals surface area contributed by atoms with Gasteiger partial charge >= 0.3 is 0 Å². The summed E-state index contributed by atoms with van der Waals surface area (Å²) >= 11 is 1.72. The fourth-order valence-electron chi connectivity index (χ4n) is 2.05. The highest BCUT2D eigenvalue weighted by atomic mass is 32.1. The van der Waals surface area contributed by atoms with Gasteiger partial charge in [0.25, 0.3) is 0 Å². The molecule has 1 heterocycles. The largest absolute Gasteiger partial charge is 0.508 e. The number of phenolic OH excluding ortho intramolecular Hbond substituents is 1. The van der Waals surface area contributed by atoms with Crippen LogP contribution in [0.5, 0.6) is 5.75 Å². The van der Waals surface area contributed by atoms with Crippen LogP contribution in [0.15, 0.2) is 24.4 Å². The minimum Gasteiger partial charge on any atom is -0.508 e. The van der Waals surface area contributed by atoms with E-state index in [1.54, 1.807) is 23.5 Å². The van der Waals surface area contributed by atoms with Gasteiger partial charge in [0.2, 0.25) is 0 Å². The van der Waals surface area contributed by atoms with Crippen LogP contribution < -0.4 is 10.2 Å². The standard InChI is InChI=1S/C15H21N3OS/c1-4-18(5-2)15-17-10-13(20-15)9-16-14-7-6-12(19)8-11(14)3/h6-8,10,16,19H,4-5,9H2,1-3H3. The molecule has 2 aromatic rings. The fraction of sp³-hybridized carbons (Fsp3) is 0.400. The zero-order chi connectivity index (χ0) is 14.5. The van der Waals surface area contributed by atoms with E-state index in [1.807, 2.05) is 19.2 Å². The van der Waals surface area contributed by atoms with Gasteiger partial charge in [-0.15, -0.1) is 11.3 Å². The number of aryl methyl sites for hydroxylation is 1. The van der Waals surface area contributed by atoms with Crippen molar-refractivity contribution in [2.45, 2.75) is 27.3 Å². The Morgan fingerprint density at radius 2 is 2.05 bits per heavy atom. The first-order valence-corrected chi connectivity index (χ1v) is 7.68. The van der Waals surface area contributed by atoms with Gasteiger partial charge in [-0.2, -0.15) is 0 Å². The Kier molecular flexibility index (Phi) is 4.84. The number of hydrogen-bond acceptors (Lipinski definition) is 5. The normalized spacial score (nSPS) is 10.6. The molecule has 0 aliphatic heterocycles. The minimum atomic E-state index is 0.301. The molecule has 0 radical (unpaired) electrons. The number of aromatic hydroxyl groups is 1. The van der Waals surface area contributed by atoms with E-state index >= 15 is 0 Å². The van der Waals surface area contributed by atoms with Crippen molar-refractivity contribution in [2.75, 3.05) is 23.3 Å². The number of anilines is 2. The Morgan fingerprint density at radius 3 is 2.70 bits per heavy atom. The van der Waals surface area contributed by atoms with Crippen molar-refractivity contribution in [3.8, 4) is 5.75 Å². The smallest absolute Gasteiger partial charge is 0.185 e. The van der Waals surface area contributed by atoms with Crippen molar-refractivity contribution in [2.24, 2.45) is 0 Å². The second-order valence-corrected chi connectivity index (χ2v) is 5.73. The first-order chi connectivity index (χ1) is 9.63. The third kappa shape index (κ3) is 3.42. The van der Waals surface area contributed by atoms with Crippen molar-refractivity contribution in [3.63, 3.8) is 0 Å². The summed E-state index contributed by atoms with van der Waals surface area (Å²) in [4.78, 5) is 7.93. The summed E-state index contributed by atoms with van der Waals surface area (Å²) in [5.74, 6) is 0.301. The summed E-state index contributed by atoms with van der Waals surface area (Å²) < 4.78 is 0. The third-order valence-electron chi connectivity index (χ3n) is 3.24. The van der Waals surface area contributed by atoms with Crippen LogP contribution in [0.1, 0.15) is 24.3 Å². The topological polar surface area (TPSA) is 48.4 Å². The van der Waals surface area contributed by atoms with Gasteiger partial charge < -0.3 is 15.3 Å². The predicted octanol–water partition coefficient (Wildman–Crippen LogP) is 3.62. The van der Waals surface area contributed by atoms with Crippen LogP contribution in [-0.2, 0) is 6.54 Å². The quantitative estimate of drug-likeness (QED) is 0.798. The molecular formula is C15H21N3OS. The molecule has 0 bridgehead atoms. The molecule has 2 rings (SSSR count). The Balaban J connectivity index is 2.00. The van der Waals surface area contributed by atoms with Gasteiger partial charge in [-0.1, -0.05) is 0 Å². The van der Waals surface area contributed by atoms with Gasteiger partial charge in [-0.25, -0.2) is 4.98 Å². The number of rotatable bonds is 6. The number of aromatic nitrogens is 1. The molecule has 0 amide bonds. The minimum absolute atomic E-state index is 0.301. The molecule has 108 valence electrons. The number of hydrogen-bond donors (Lipinski definition) is 2. The molecule has 2 N–H and O–H groups in total. The molecule has 4 nitrogen and oxygen atoms in total. The summed E-state index contributed by atoms with van der Waals surface area (Å²) in [5.41, 5.74) is 2.08. The third-order valence-corrected chi connectivity index (χ3v) is 4.30. The molecule has 0 aliphatic rings. The SMILES string of the molecule is CCN(CC)c1ncc(CNc2ccc(O)cc2C)s1. The predicted molar refractivity (Wildman–Crippen MR) is 85.8 cm³/mol. The highest BCUT2D eigenvalue weighted by Crippen LogP contribution is 2.25. The van der Waals surface area contributed by atoms with Crippen molar-refractivity contribution in [1.82, 2.24) is 4.98 Å². The Morgan fingerprint density at radius 1 is 1.30 bits per heavy atom. The van der Waals surface area contributed by atoms with Crippen molar-refractivity contribution in [3.05, 3.63) is 34.8 Å².